The molecule has 1 aromatic rings. The Morgan fingerprint density at radius 1 is 1.11 bits per heavy atom. The monoisotopic (exact) mass is 267 g/mol. The Bertz CT molecular complexity index is 366. The molecule has 0 bridgehead atoms. The molecule has 0 spiro atoms. The Hall–Kier alpha value is -1.26. The van der Waals surface area contributed by atoms with Gasteiger partial charge >= 0.3 is 0 Å². The summed E-state index contributed by atoms with van der Waals surface area (Å²) in [6.07, 6.45) is 0.769. The first-order chi connectivity index (χ1) is 9.19. The lowest BCUT2D eigenvalue weighted by molar-refractivity contribution is 0.108. The molecule has 0 radical (unpaired) electrons. The Labute approximate surface area is 115 Å². The number of ether oxygens (including phenoxy) is 3. The summed E-state index contributed by atoms with van der Waals surface area (Å²) in [4.78, 5) is 0. The summed E-state index contributed by atoms with van der Waals surface area (Å²) in [6, 6.07) is 6.01. The quantitative estimate of drug-likeness (QED) is 0.698. The maximum absolute atomic E-state index is 5.87. The van der Waals surface area contributed by atoms with E-state index in [1.54, 1.807) is 0 Å². The zero-order valence-electron chi connectivity index (χ0n) is 12.1. The van der Waals surface area contributed by atoms with Crippen molar-refractivity contribution in [1.82, 2.24) is 0 Å². The molecule has 1 unspecified atom stereocenters. The van der Waals surface area contributed by atoms with E-state index in [0.29, 0.717) is 26.4 Å². The van der Waals surface area contributed by atoms with Gasteiger partial charge in [0.15, 0.2) is 11.5 Å². The fourth-order valence-corrected chi connectivity index (χ4v) is 1.85. The smallest absolute Gasteiger partial charge is 0.164 e. The number of hydrogen-bond acceptors (Lipinski definition) is 4. The number of benzene rings is 1. The molecule has 0 aromatic heterocycles. The summed E-state index contributed by atoms with van der Waals surface area (Å²) < 4.78 is 16.7. The molecule has 4 nitrogen and oxygen atoms in total. The third-order valence-corrected chi connectivity index (χ3v) is 2.58. The first-order valence-corrected chi connectivity index (χ1v) is 6.89. The Balaban J connectivity index is 2.80. The number of rotatable bonds is 9. The van der Waals surface area contributed by atoms with Crippen LogP contribution in [0.15, 0.2) is 18.2 Å². The van der Waals surface area contributed by atoms with Crippen LogP contribution in [0.1, 0.15) is 26.3 Å². The second-order valence-corrected chi connectivity index (χ2v) is 4.40. The van der Waals surface area contributed by atoms with Gasteiger partial charge in [0.1, 0.15) is 6.61 Å². The van der Waals surface area contributed by atoms with Gasteiger partial charge in [-0.15, -0.1) is 0 Å². The van der Waals surface area contributed by atoms with E-state index in [-0.39, 0.29) is 6.04 Å². The average Bonchev–Trinajstić information content (AvgIpc) is 2.37. The highest BCUT2D eigenvalue weighted by molar-refractivity contribution is 5.47. The van der Waals surface area contributed by atoms with Crippen molar-refractivity contribution in [2.45, 2.75) is 33.2 Å². The van der Waals surface area contributed by atoms with Crippen molar-refractivity contribution in [3.05, 3.63) is 23.8 Å². The highest BCUT2D eigenvalue weighted by Gasteiger charge is 2.12. The topological polar surface area (TPSA) is 53.7 Å². The van der Waals surface area contributed by atoms with Gasteiger partial charge in [-0.1, -0.05) is 12.1 Å². The van der Waals surface area contributed by atoms with Gasteiger partial charge in [-0.05, 0) is 38.8 Å². The third kappa shape index (κ3) is 5.49. The molecule has 0 saturated heterocycles. The maximum Gasteiger partial charge on any atom is 0.164 e. The predicted molar refractivity (Wildman–Crippen MR) is 77.0 cm³/mol. The SMILES string of the molecule is CCOCCOc1c(CC(C)N)cccc1OCC. The van der Waals surface area contributed by atoms with Crippen LogP contribution in [0.3, 0.4) is 0 Å². The zero-order chi connectivity index (χ0) is 14.1. The van der Waals surface area contributed by atoms with E-state index in [2.05, 4.69) is 0 Å². The molecule has 19 heavy (non-hydrogen) atoms. The van der Waals surface area contributed by atoms with Crippen LogP contribution >= 0.6 is 0 Å². The van der Waals surface area contributed by atoms with Crippen LogP contribution in [-0.4, -0.2) is 32.5 Å². The second kappa shape index (κ2) is 8.77. The molecule has 1 atom stereocenters. The van der Waals surface area contributed by atoms with Gasteiger partial charge in [0.25, 0.3) is 0 Å². The summed E-state index contributed by atoms with van der Waals surface area (Å²) >= 11 is 0. The predicted octanol–water partition coefficient (Wildman–Crippen LogP) is 2.39. The van der Waals surface area contributed by atoms with Gasteiger partial charge in [0.2, 0.25) is 0 Å². The molecule has 1 aromatic carbocycles. The summed E-state index contributed by atoms with van der Waals surface area (Å²) in [6.45, 7) is 8.32. The lowest BCUT2D eigenvalue weighted by Gasteiger charge is -2.17. The van der Waals surface area contributed by atoms with Crippen molar-refractivity contribution < 1.29 is 14.2 Å². The lowest BCUT2D eigenvalue weighted by Crippen LogP contribution is -2.19. The minimum atomic E-state index is 0.0890. The molecule has 0 saturated carbocycles. The Kier molecular flexibility index (Phi) is 7.30. The first-order valence-electron chi connectivity index (χ1n) is 6.89. The summed E-state index contributed by atoms with van der Waals surface area (Å²) in [5, 5.41) is 0. The molecule has 2 N–H and O–H groups in total. The zero-order valence-corrected chi connectivity index (χ0v) is 12.1. The number of para-hydroxylation sites is 1. The van der Waals surface area contributed by atoms with Crippen molar-refractivity contribution >= 4 is 0 Å². The van der Waals surface area contributed by atoms with Gasteiger partial charge in [0, 0.05) is 12.6 Å². The maximum atomic E-state index is 5.87. The van der Waals surface area contributed by atoms with Crippen LogP contribution in [0.5, 0.6) is 11.5 Å². The van der Waals surface area contributed by atoms with E-state index in [9.17, 15) is 0 Å². The van der Waals surface area contributed by atoms with Crippen molar-refractivity contribution in [2.24, 2.45) is 5.73 Å². The third-order valence-electron chi connectivity index (χ3n) is 2.58. The largest absolute Gasteiger partial charge is 0.490 e. The number of hydrogen-bond donors (Lipinski definition) is 1. The first kappa shape index (κ1) is 15.8. The molecule has 0 amide bonds. The van der Waals surface area contributed by atoms with Crippen molar-refractivity contribution in [3.63, 3.8) is 0 Å². The van der Waals surface area contributed by atoms with Crippen LogP contribution in [0.2, 0.25) is 0 Å². The van der Waals surface area contributed by atoms with Crippen molar-refractivity contribution in [3.8, 4) is 11.5 Å². The highest BCUT2D eigenvalue weighted by atomic mass is 16.5. The number of nitrogens with two attached hydrogens (primary N) is 1. The second-order valence-electron chi connectivity index (χ2n) is 4.40. The van der Waals surface area contributed by atoms with Gasteiger partial charge in [0.05, 0.1) is 13.2 Å². The van der Waals surface area contributed by atoms with Crippen LogP contribution in [-0.2, 0) is 11.2 Å². The molecule has 0 aliphatic heterocycles. The van der Waals surface area contributed by atoms with E-state index in [1.165, 1.54) is 0 Å². The summed E-state index contributed by atoms with van der Waals surface area (Å²) in [5.74, 6) is 1.57. The normalized spacial score (nSPS) is 12.2. The van der Waals surface area contributed by atoms with E-state index < -0.39 is 0 Å². The highest BCUT2D eigenvalue weighted by Crippen LogP contribution is 2.32. The van der Waals surface area contributed by atoms with Crippen LogP contribution in [0.4, 0.5) is 0 Å². The molecule has 0 heterocycles. The van der Waals surface area contributed by atoms with Crippen molar-refractivity contribution in [2.75, 3.05) is 26.4 Å². The Morgan fingerprint density at radius 3 is 2.53 bits per heavy atom. The molecule has 0 aliphatic rings. The standard InChI is InChI=1S/C15H25NO3/c1-4-17-9-10-19-15-13(11-12(3)16)7-6-8-14(15)18-5-2/h6-8,12H,4-5,9-11,16H2,1-3H3. The molecular weight excluding hydrogens is 242 g/mol. The molecule has 4 heteroatoms. The molecule has 0 aliphatic carbocycles. The van der Waals surface area contributed by atoms with Crippen LogP contribution in [0.25, 0.3) is 0 Å². The van der Waals surface area contributed by atoms with Crippen molar-refractivity contribution in [1.29, 1.82) is 0 Å². The van der Waals surface area contributed by atoms with E-state index >= 15 is 0 Å². The average molecular weight is 267 g/mol. The molecular formula is C15H25NO3. The van der Waals surface area contributed by atoms with E-state index in [0.717, 1.165) is 23.5 Å². The summed E-state index contributed by atoms with van der Waals surface area (Å²) in [5.41, 5.74) is 6.95. The minimum absolute atomic E-state index is 0.0890. The van der Waals surface area contributed by atoms with E-state index in [4.69, 9.17) is 19.9 Å². The lowest BCUT2D eigenvalue weighted by atomic mass is 10.1. The fourth-order valence-electron chi connectivity index (χ4n) is 1.85. The van der Waals surface area contributed by atoms with Gasteiger partial charge < -0.3 is 19.9 Å². The molecule has 1 rings (SSSR count). The van der Waals surface area contributed by atoms with Gasteiger partial charge in [-0.25, -0.2) is 0 Å². The van der Waals surface area contributed by atoms with Crippen LogP contribution in [0, 0.1) is 0 Å². The molecule has 108 valence electrons. The van der Waals surface area contributed by atoms with Gasteiger partial charge in [-0.2, -0.15) is 0 Å². The minimum Gasteiger partial charge on any atom is -0.490 e. The van der Waals surface area contributed by atoms with E-state index in [1.807, 2.05) is 39.0 Å². The van der Waals surface area contributed by atoms with Gasteiger partial charge in [-0.3, -0.25) is 0 Å². The fraction of sp³-hybridized carbons (Fsp3) is 0.600. The summed E-state index contributed by atoms with van der Waals surface area (Å²) in [7, 11) is 0. The molecule has 0 fully saturated rings. The Morgan fingerprint density at radius 2 is 1.89 bits per heavy atom. The van der Waals surface area contributed by atoms with Crippen LogP contribution < -0.4 is 15.2 Å².